The molecule has 1 aromatic heterocycles. The zero-order valence-electron chi connectivity index (χ0n) is 14.7. The average Bonchev–Trinajstić information content (AvgIpc) is 2.64. The van der Waals surface area contributed by atoms with E-state index in [1.165, 1.54) is 0 Å². The summed E-state index contributed by atoms with van der Waals surface area (Å²) in [7, 11) is 0. The van der Waals surface area contributed by atoms with Crippen molar-refractivity contribution in [3.05, 3.63) is 58.4 Å². The van der Waals surface area contributed by atoms with Crippen molar-refractivity contribution in [1.29, 1.82) is 0 Å². The summed E-state index contributed by atoms with van der Waals surface area (Å²) in [5.41, 5.74) is 2.47. The number of hydrogen-bond acceptors (Lipinski definition) is 4. The van der Waals surface area contributed by atoms with Crippen LogP contribution < -0.4 is 5.32 Å². The third-order valence-electron chi connectivity index (χ3n) is 4.41. The van der Waals surface area contributed by atoms with Gasteiger partial charge in [-0.1, -0.05) is 29.9 Å². The van der Waals surface area contributed by atoms with Crippen molar-refractivity contribution >= 4 is 29.7 Å². The zero-order chi connectivity index (χ0) is 18.5. The molecule has 0 saturated carbocycles. The number of pyridine rings is 1. The molecule has 2 aromatic rings. The van der Waals surface area contributed by atoms with Crippen molar-refractivity contribution in [3.63, 3.8) is 0 Å². The molecule has 0 atom stereocenters. The molecule has 136 valence electrons. The first-order chi connectivity index (χ1) is 12.5. The predicted octanol–water partition coefficient (Wildman–Crippen LogP) is 2.45. The lowest BCUT2D eigenvalue weighted by atomic mass is 10.2. The standard InChI is InChI=1S/C19H22N4O2S/c1-14-4-6-15(7-5-14)21-17(24)13-22-9-11-23(12-10-22)19(25)16-3-2-8-20-18(16)26/h2-8H,9-13H2,1H3,(H,20,26)(H,21,24). The van der Waals surface area contributed by atoms with Gasteiger partial charge in [0.1, 0.15) is 4.64 Å². The van der Waals surface area contributed by atoms with E-state index in [1.807, 2.05) is 31.2 Å². The highest BCUT2D eigenvalue weighted by molar-refractivity contribution is 7.71. The summed E-state index contributed by atoms with van der Waals surface area (Å²) in [5, 5.41) is 2.90. The molecule has 3 rings (SSSR count). The Morgan fingerprint density at radius 3 is 2.46 bits per heavy atom. The fourth-order valence-electron chi connectivity index (χ4n) is 2.91. The number of nitrogens with one attached hydrogen (secondary N) is 2. The van der Waals surface area contributed by atoms with Crippen LogP contribution in [0, 0.1) is 11.6 Å². The van der Waals surface area contributed by atoms with E-state index in [4.69, 9.17) is 12.2 Å². The minimum atomic E-state index is -0.0596. The Labute approximate surface area is 157 Å². The van der Waals surface area contributed by atoms with Crippen LogP contribution in [0.15, 0.2) is 42.6 Å². The number of H-pyrrole nitrogens is 1. The van der Waals surface area contributed by atoms with Gasteiger partial charge in [-0.15, -0.1) is 0 Å². The Morgan fingerprint density at radius 2 is 1.81 bits per heavy atom. The highest BCUT2D eigenvalue weighted by Crippen LogP contribution is 2.11. The smallest absolute Gasteiger partial charge is 0.256 e. The van der Waals surface area contributed by atoms with E-state index in [0.717, 1.165) is 11.3 Å². The molecule has 2 heterocycles. The molecule has 26 heavy (non-hydrogen) atoms. The van der Waals surface area contributed by atoms with Gasteiger partial charge in [0.15, 0.2) is 0 Å². The molecule has 1 aromatic carbocycles. The van der Waals surface area contributed by atoms with Gasteiger partial charge in [0.25, 0.3) is 5.91 Å². The van der Waals surface area contributed by atoms with Crippen LogP contribution in [0.1, 0.15) is 15.9 Å². The van der Waals surface area contributed by atoms with Crippen LogP contribution in [0.4, 0.5) is 5.69 Å². The molecule has 7 heteroatoms. The molecule has 2 amide bonds. The fourth-order valence-corrected chi connectivity index (χ4v) is 3.13. The van der Waals surface area contributed by atoms with Gasteiger partial charge >= 0.3 is 0 Å². The third-order valence-corrected chi connectivity index (χ3v) is 4.75. The molecule has 0 aliphatic carbocycles. The average molecular weight is 370 g/mol. The summed E-state index contributed by atoms with van der Waals surface area (Å²) >= 11 is 5.18. The van der Waals surface area contributed by atoms with Crippen LogP contribution in [0.25, 0.3) is 0 Å². The fraction of sp³-hybridized carbons (Fsp3) is 0.316. The monoisotopic (exact) mass is 370 g/mol. The van der Waals surface area contributed by atoms with Crippen molar-refractivity contribution in [2.75, 3.05) is 38.0 Å². The van der Waals surface area contributed by atoms with Crippen molar-refractivity contribution in [1.82, 2.24) is 14.8 Å². The maximum Gasteiger partial charge on any atom is 0.256 e. The van der Waals surface area contributed by atoms with Gasteiger partial charge in [-0.25, -0.2) is 0 Å². The van der Waals surface area contributed by atoms with Crippen molar-refractivity contribution < 1.29 is 9.59 Å². The van der Waals surface area contributed by atoms with Crippen LogP contribution in [-0.4, -0.2) is 59.3 Å². The topological polar surface area (TPSA) is 68.4 Å². The van der Waals surface area contributed by atoms with E-state index in [-0.39, 0.29) is 11.8 Å². The Kier molecular flexibility index (Phi) is 5.80. The first-order valence-corrected chi connectivity index (χ1v) is 8.99. The Bertz CT molecular complexity index is 839. The highest BCUT2D eigenvalue weighted by Gasteiger charge is 2.23. The second kappa shape index (κ2) is 8.25. The predicted molar refractivity (Wildman–Crippen MR) is 104 cm³/mol. The number of piperazine rings is 1. The summed E-state index contributed by atoms with van der Waals surface area (Å²) in [6, 6.07) is 11.2. The largest absolute Gasteiger partial charge is 0.352 e. The van der Waals surface area contributed by atoms with E-state index in [1.54, 1.807) is 23.2 Å². The van der Waals surface area contributed by atoms with Gasteiger partial charge < -0.3 is 15.2 Å². The molecule has 6 nitrogen and oxygen atoms in total. The molecule has 1 aliphatic heterocycles. The quantitative estimate of drug-likeness (QED) is 0.811. The molecule has 0 unspecified atom stereocenters. The van der Waals surface area contributed by atoms with E-state index < -0.39 is 0 Å². The number of rotatable bonds is 4. The normalized spacial score (nSPS) is 14.9. The van der Waals surface area contributed by atoms with E-state index >= 15 is 0 Å². The van der Waals surface area contributed by atoms with Gasteiger partial charge in [0.2, 0.25) is 5.91 Å². The summed E-state index contributed by atoms with van der Waals surface area (Å²) in [6.07, 6.45) is 1.71. The molecular weight excluding hydrogens is 348 g/mol. The molecule has 1 saturated heterocycles. The first-order valence-electron chi connectivity index (χ1n) is 8.59. The van der Waals surface area contributed by atoms with Crippen LogP contribution in [0.5, 0.6) is 0 Å². The van der Waals surface area contributed by atoms with Crippen molar-refractivity contribution in [2.24, 2.45) is 0 Å². The second-order valence-electron chi connectivity index (χ2n) is 6.40. The maximum atomic E-state index is 12.6. The summed E-state index contributed by atoms with van der Waals surface area (Å²) < 4.78 is 0.456. The molecular formula is C19H22N4O2S. The number of carbonyl (C=O) groups excluding carboxylic acids is 2. The molecule has 0 bridgehead atoms. The van der Waals surface area contributed by atoms with Crippen molar-refractivity contribution in [3.8, 4) is 0 Å². The Hall–Kier alpha value is -2.51. The van der Waals surface area contributed by atoms with Gasteiger partial charge in [0, 0.05) is 38.1 Å². The summed E-state index contributed by atoms with van der Waals surface area (Å²) in [4.78, 5) is 31.5. The molecule has 2 N–H and O–H groups in total. The lowest BCUT2D eigenvalue weighted by molar-refractivity contribution is -0.117. The SMILES string of the molecule is Cc1ccc(NC(=O)CN2CCN(C(=O)c3ccc[nH]c3=S)CC2)cc1. The van der Waals surface area contributed by atoms with Crippen molar-refractivity contribution in [2.45, 2.75) is 6.92 Å². The number of benzene rings is 1. The van der Waals surface area contributed by atoms with E-state index in [2.05, 4.69) is 15.2 Å². The third kappa shape index (κ3) is 4.56. The molecule has 0 spiro atoms. The molecule has 1 aliphatic rings. The van der Waals surface area contributed by atoms with E-state index in [0.29, 0.717) is 42.9 Å². The number of aryl methyl sites for hydroxylation is 1. The number of aromatic nitrogens is 1. The number of hydrogen-bond donors (Lipinski definition) is 2. The van der Waals surface area contributed by atoms with Gasteiger partial charge in [-0.05, 0) is 31.2 Å². The van der Waals surface area contributed by atoms with Crippen LogP contribution >= 0.6 is 12.2 Å². The first kappa shape index (κ1) is 18.3. The lowest BCUT2D eigenvalue weighted by Gasteiger charge is -2.34. The van der Waals surface area contributed by atoms with Crippen LogP contribution in [0.3, 0.4) is 0 Å². The number of aromatic amines is 1. The highest BCUT2D eigenvalue weighted by atomic mass is 32.1. The van der Waals surface area contributed by atoms with Crippen LogP contribution in [-0.2, 0) is 4.79 Å². The number of anilines is 1. The number of nitrogens with zero attached hydrogens (tertiary/aromatic N) is 2. The van der Waals surface area contributed by atoms with Gasteiger partial charge in [0.05, 0.1) is 12.1 Å². The summed E-state index contributed by atoms with van der Waals surface area (Å²) in [5.74, 6) is -0.102. The Morgan fingerprint density at radius 1 is 1.12 bits per heavy atom. The van der Waals surface area contributed by atoms with E-state index in [9.17, 15) is 9.59 Å². The minimum absolute atomic E-state index is 0.0425. The number of carbonyl (C=O) groups is 2. The van der Waals surface area contributed by atoms with Gasteiger partial charge in [-0.2, -0.15) is 0 Å². The minimum Gasteiger partial charge on any atom is -0.352 e. The summed E-state index contributed by atoms with van der Waals surface area (Å²) in [6.45, 7) is 4.82. The second-order valence-corrected chi connectivity index (χ2v) is 6.80. The Balaban J connectivity index is 1.50. The number of amides is 2. The zero-order valence-corrected chi connectivity index (χ0v) is 15.5. The lowest BCUT2D eigenvalue weighted by Crippen LogP contribution is -2.50. The van der Waals surface area contributed by atoms with Gasteiger partial charge in [-0.3, -0.25) is 14.5 Å². The maximum absolute atomic E-state index is 12.6. The molecule has 0 radical (unpaired) electrons. The molecule has 1 fully saturated rings. The van der Waals surface area contributed by atoms with Crippen LogP contribution in [0.2, 0.25) is 0 Å².